The van der Waals surface area contributed by atoms with Gasteiger partial charge in [0.15, 0.2) is 17.0 Å². The molecule has 8 nitrogen and oxygen atoms in total. The Morgan fingerprint density at radius 1 is 1.26 bits per heavy atom. The predicted molar refractivity (Wildman–Crippen MR) is 105 cm³/mol. The number of fused-ring (bicyclic) bond motifs is 1. The van der Waals surface area contributed by atoms with Crippen molar-refractivity contribution < 1.29 is 9.57 Å². The zero-order valence-corrected chi connectivity index (χ0v) is 15.8. The van der Waals surface area contributed by atoms with Crippen LogP contribution in [0, 0.1) is 0 Å². The second-order valence-corrected chi connectivity index (χ2v) is 6.12. The Labute approximate surface area is 158 Å². The molecular weight excluding hydrogens is 344 g/mol. The molecule has 0 fully saturated rings. The molecule has 0 saturated carbocycles. The summed E-state index contributed by atoms with van der Waals surface area (Å²) < 4.78 is 7.50. The maximum Gasteiger partial charge on any atom is 0.165 e. The van der Waals surface area contributed by atoms with Crippen LogP contribution in [0.2, 0.25) is 0 Å². The van der Waals surface area contributed by atoms with E-state index in [0.29, 0.717) is 17.8 Å². The highest BCUT2D eigenvalue weighted by molar-refractivity contribution is 5.83. The van der Waals surface area contributed by atoms with Gasteiger partial charge in [-0.05, 0) is 35.7 Å². The molecular formula is C19H24N6O2. The molecule has 142 valence electrons. The van der Waals surface area contributed by atoms with Gasteiger partial charge in [0.05, 0.1) is 13.3 Å². The van der Waals surface area contributed by atoms with Gasteiger partial charge in [-0.3, -0.25) is 0 Å². The van der Waals surface area contributed by atoms with E-state index >= 15 is 0 Å². The smallest absolute Gasteiger partial charge is 0.165 e. The van der Waals surface area contributed by atoms with Gasteiger partial charge in [-0.15, -0.1) is 0 Å². The monoisotopic (exact) mass is 368 g/mol. The minimum absolute atomic E-state index is 0.392. The number of nitrogens with two attached hydrogens (primary N) is 1. The van der Waals surface area contributed by atoms with E-state index in [1.54, 1.807) is 13.3 Å². The number of hydrogen-bond acceptors (Lipinski definition) is 7. The number of unbranched alkanes of at least 4 members (excludes halogenated alkanes) is 1. The molecule has 0 radical (unpaired) electrons. The maximum atomic E-state index is 6.02. The molecule has 0 bridgehead atoms. The lowest BCUT2D eigenvalue weighted by Gasteiger charge is -2.11. The summed E-state index contributed by atoms with van der Waals surface area (Å²) in [6.45, 7) is 2.98. The van der Waals surface area contributed by atoms with Gasteiger partial charge in [-0.2, -0.15) is 0 Å². The molecule has 0 spiro atoms. The van der Waals surface area contributed by atoms with Gasteiger partial charge in [-0.25, -0.2) is 15.0 Å². The average Bonchev–Trinajstić information content (AvgIpc) is 3.03. The van der Waals surface area contributed by atoms with E-state index in [0.717, 1.165) is 47.7 Å². The number of anilines is 1. The molecule has 0 aliphatic carbocycles. The highest BCUT2D eigenvalue weighted by Crippen LogP contribution is 2.24. The molecule has 1 aromatic carbocycles. The van der Waals surface area contributed by atoms with Crippen molar-refractivity contribution in [2.75, 3.05) is 20.0 Å². The summed E-state index contributed by atoms with van der Waals surface area (Å²) >= 11 is 0. The van der Waals surface area contributed by atoms with E-state index in [9.17, 15) is 0 Å². The number of aromatic nitrogens is 4. The molecule has 0 unspecified atom stereocenters. The van der Waals surface area contributed by atoms with Gasteiger partial charge in [0.1, 0.15) is 25.0 Å². The van der Waals surface area contributed by atoms with E-state index in [-0.39, 0.29) is 0 Å². The zero-order chi connectivity index (χ0) is 19.2. The molecule has 0 saturated heterocycles. The predicted octanol–water partition coefficient (Wildman–Crippen LogP) is 2.79. The number of ether oxygens (including phenoxy) is 1. The largest absolute Gasteiger partial charge is 0.497 e. The van der Waals surface area contributed by atoms with Crippen molar-refractivity contribution in [2.24, 2.45) is 5.16 Å². The van der Waals surface area contributed by atoms with Crippen LogP contribution in [-0.4, -0.2) is 40.0 Å². The molecule has 0 atom stereocenters. The molecule has 2 N–H and O–H groups in total. The maximum absolute atomic E-state index is 6.02. The van der Waals surface area contributed by atoms with E-state index in [1.807, 2.05) is 18.2 Å². The summed E-state index contributed by atoms with van der Waals surface area (Å²) in [7, 11) is 3.17. The van der Waals surface area contributed by atoms with Crippen LogP contribution in [0.3, 0.4) is 0 Å². The Balaban J connectivity index is 2.08. The number of imidazole rings is 1. The first-order valence-corrected chi connectivity index (χ1v) is 8.87. The van der Waals surface area contributed by atoms with Crippen LogP contribution in [0.5, 0.6) is 5.75 Å². The van der Waals surface area contributed by atoms with Crippen molar-refractivity contribution >= 4 is 23.2 Å². The van der Waals surface area contributed by atoms with Gasteiger partial charge in [0, 0.05) is 13.0 Å². The quantitative estimate of drug-likeness (QED) is 0.485. The standard InChI is InChI=1S/C19H24N6O2/c1-4-5-8-25-16(24-17-18(20)21-12-22-19(17)25)10-14-9-15(26-2)7-6-13(14)11-23-27-3/h6-7,9,11-12H,4-5,8,10H2,1-3H3,(H2,20,21,22)/b23-11+. The molecule has 2 heterocycles. The molecule has 0 aliphatic heterocycles. The van der Waals surface area contributed by atoms with E-state index in [2.05, 4.69) is 26.6 Å². The summed E-state index contributed by atoms with van der Waals surface area (Å²) in [4.78, 5) is 18.0. The topological polar surface area (TPSA) is 100 Å². The molecule has 3 aromatic rings. The van der Waals surface area contributed by atoms with Crippen molar-refractivity contribution in [3.8, 4) is 5.75 Å². The lowest BCUT2D eigenvalue weighted by molar-refractivity contribution is 0.215. The molecule has 2 aromatic heterocycles. The van der Waals surface area contributed by atoms with Crippen LogP contribution >= 0.6 is 0 Å². The fourth-order valence-electron chi connectivity index (χ4n) is 2.95. The second-order valence-electron chi connectivity index (χ2n) is 6.12. The van der Waals surface area contributed by atoms with Crippen molar-refractivity contribution in [1.29, 1.82) is 0 Å². The summed E-state index contributed by atoms with van der Waals surface area (Å²) in [6, 6.07) is 5.82. The van der Waals surface area contributed by atoms with Crippen molar-refractivity contribution in [3.05, 3.63) is 41.5 Å². The first-order valence-electron chi connectivity index (χ1n) is 8.87. The Morgan fingerprint density at radius 3 is 2.85 bits per heavy atom. The minimum atomic E-state index is 0.392. The van der Waals surface area contributed by atoms with Gasteiger partial charge in [0.2, 0.25) is 0 Å². The first-order chi connectivity index (χ1) is 13.2. The van der Waals surface area contributed by atoms with Gasteiger partial charge < -0.3 is 19.9 Å². The van der Waals surface area contributed by atoms with Crippen LogP contribution in [0.25, 0.3) is 11.2 Å². The van der Waals surface area contributed by atoms with Gasteiger partial charge in [-0.1, -0.05) is 18.5 Å². The van der Waals surface area contributed by atoms with Crippen LogP contribution < -0.4 is 10.5 Å². The third-order valence-electron chi connectivity index (χ3n) is 4.37. The molecule has 0 aliphatic rings. The van der Waals surface area contributed by atoms with E-state index in [1.165, 1.54) is 13.4 Å². The Hall–Kier alpha value is -3.16. The van der Waals surface area contributed by atoms with Crippen LogP contribution in [0.15, 0.2) is 29.7 Å². The number of methoxy groups -OCH3 is 1. The third kappa shape index (κ3) is 3.99. The summed E-state index contributed by atoms with van der Waals surface area (Å²) in [5, 5.41) is 3.89. The summed E-state index contributed by atoms with van der Waals surface area (Å²) in [5.41, 5.74) is 9.38. The van der Waals surface area contributed by atoms with Crippen molar-refractivity contribution in [2.45, 2.75) is 32.7 Å². The fraction of sp³-hybridized carbons (Fsp3) is 0.368. The Kier molecular flexibility index (Phi) is 5.85. The zero-order valence-electron chi connectivity index (χ0n) is 15.8. The van der Waals surface area contributed by atoms with Gasteiger partial charge in [0.25, 0.3) is 0 Å². The lowest BCUT2D eigenvalue weighted by Crippen LogP contribution is -2.07. The number of oxime groups is 1. The Morgan fingerprint density at radius 2 is 2.11 bits per heavy atom. The summed E-state index contributed by atoms with van der Waals surface area (Å²) in [5.74, 6) is 2.05. The van der Waals surface area contributed by atoms with E-state index in [4.69, 9.17) is 20.3 Å². The van der Waals surface area contributed by atoms with Crippen molar-refractivity contribution in [3.63, 3.8) is 0 Å². The van der Waals surface area contributed by atoms with Crippen LogP contribution in [0.1, 0.15) is 36.7 Å². The highest BCUT2D eigenvalue weighted by Gasteiger charge is 2.16. The number of nitrogens with zero attached hydrogens (tertiary/aromatic N) is 5. The molecule has 27 heavy (non-hydrogen) atoms. The SMILES string of the molecule is CCCCn1c(Cc2cc(OC)ccc2/C=N/OC)nc2c(N)ncnc21. The summed E-state index contributed by atoms with van der Waals surface area (Å²) in [6.07, 6.45) is 5.85. The Bertz CT molecular complexity index is 951. The number of nitrogen functional groups attached to an aromatic ring is 1. The first kappa shape index (κ1) is 18.6. The van der Waals surface area contributed by atoms with Crippen molar-refractivity contribution in [1.82, 2.24) is 19.5 Å². The number of rotatable bonds is 8. The minimum Gasteiger partial charge on any atom is -0.497 e. The normalized spacial score (nSPS) is 11.4. The average molecular weight is 368 g/mol. The lowest BCUT2D eigenvalue weighted by atomic mass is 10.0. The van der Waals surface area contributed by atoms with Crippen LogP contribution in [-0.2, 0) is 17.8 Å². The molecule has 3 rings (SSSR count). The molecule has 8 heteroatoms. The second kappa shape index (κ2) is 8.48. The van der Waals surface area contributed by atoms with Crippen LogP contribution in [0.4, 0.5) is 5.82 Å². The number of benzene rings is 1. The fourth-order valence-corrected chi connectivity index (χ4v) is 2.95. The highest BCUT2D eigenvalue weighted by atomic mass is 16.6. The molecule has 0 amide bonds. The number of aryl methyl sites for hydroxylation is 1. The van der Waals surface area contributed by atoms with E-state index < -0.39 is 0 Å². The third-order valence-corrected chi connectivity index (χ3v) is 4.37. The van der Waals surface area contributed by atoms with Gasteiger partial charge >= 0.3 is 0 Å². The number of hydrogen-bond donors (Lipinski definition) is 1.